The van der Waals surface area contributed by atoms with Crippen molar-refractivity contribution in [2.75, 3.05) is 0 Å². The lowest BCUT2D eigenvalue weighted by atomic mass is 10.2. The lowest BCUT2D eigenvalue weighted by Crippen LogP contribution is -2.04. The van der Waals surface area contributed by atoms with Gasteiger partial charge in [0, 0.05) is 5.56 Å². The molecule has 2 nitrogen and oxygen atoms in total. The molecule has 1 atom stereocenters. The van der Waals surface area contributed by atoms with Crippen molar-refractivity contribution in [1.82, 2.24) is 0 Å². The zero-order chi connectivity index (χ0) is 8.59. The van der Waals surface area contributed by atoms with Gasteiger partial charge in [-0.1, -0.05) is 11.6 Å². The third-order valence-corrected chi connectivity index (χ3v) is 2.23. The van der Waals surface area contributed by atoms with E-state index in [1.807, 2.05) is 20.8 Å². The summed E-state index contributed by atoms with van der Waals surface area (Å²) < 4.78 is 5.35. The Bertz CT molecular complexity index is 265. The van der Waals surface area contributed by atoms with Gasteiger partial charge < -0.3 is 10.2 Å². The molecular weight excluding hydrogens is 162 g/mol. The molecule has 1 heterocycles. The maximum Gasteiger partial charge on any atom is 0.125 e. The van der Waals surface area contributed by atoms with Crippen LogP contribution >= 0.6 is 11.6 Å². The van der Waals surface area contributed by atoms with Gasteiger partial charge in [0.15, 0.2) is 0 Å². The van der Waals surface area contributed by atoms with Crippen LogP contribution in [-0.4, -0.2) is 0 Å². The van der Waals surface area contributed by atoms with Gasteiger partial charge in [-0.3, -0.25) is 0 Å². The van der Waals surface area contributed by atoms with E-state index in [2.05, 4.69) is 0 Å². The van der Waals surface area contributed by atoms with Gasteiger partial charge in [0.1, 0.15) is 11.5 Å². The second-order valence-corrected chi connectivity index (χ2v) is 3.13. The van der Waals surface area contributed by atoms with Gasteiger partial charge >= 0.3 is 0 Å². The summed E-state index contributed by atoms with van der Waals surface area (Å²) >= 11 is 5.89. The van der Waals surface area contributed by atoms with Crippen molar-refractivity contribution in [3.05, 3.63) is 22.1 Å². The first-order valence-corrected chi connectivity index (χ1v) is 3.92. The normalized spacial score (nSPS) is 13.5. The molecule has 62 valence electrons. The van der Waals surface area contributed by atoms with Crippen LogP contribution in [0, 0.1) is 13.8 Å². The quantitative estimate of drug-likeness (QED) is 0.709. The van der Waals surface area contributed by atoms with Crippen LogP contribution in [0.25, 0.3) is 0 Å². The number of nitrogens with two attached hydrogens (primary N) is 1. The average Bonchev–Trinajstić information content (AvgIpc) is 2.17. The van der Waals surface area contributed by atoms with E-state index in [0.717, 1.165) is 17.1 Å². The van der Waals surface area contributed by atoms with E-state index >= 15 is 0 Å². The average molecular weight is 174 g/mol. The van der Waals surface area contributed by atoms with Crippen LogP contribution in [0.5, 0.6) is 0 Å². The monoisotopic (exact) mass is 173 g/mol. The molecule has 0 saturated carbocycles. The molecule has 1 rings (SSSR count). The summed E-state index contributed by atoms with van der Waals surface area (Å²) in [5.41, 5.74) is 6.60. The minimum Gasteiger partial charge on any atom is -0.463 e. The number of hydrogen-bond acceptors (Lipinski definition) is 2. The van der Waals surface area contributed by atoms with Crippen LogP contribution in [0.4, 0.5) is 0 Å². The Hall–Kier alpha value is -0.470. The molecule has 0 fully saturated rings. The SMILES string of the molecule is Cc1oc(C(C)N)c(C)c1Cl. The highest BCUT2D eigenvalue weighted by atomic mass is 35.5. The predicted octanol–water partition coefficient (Wildman–Crippen LogP) is 2.57. The van der Waals surface area contributed by atoms with Gasteiger partial charge in [0.2, 0.25) is 0 Å². The van der Waals surface area contributed by atoms with E-state index in [1.54, 1.807) is 0 Å². The Morgan fingerprint density at radius 1 is 1.45 bits per heavy atom. The summed E-state index contributed by atoms with van der Waals surface area (Å²) in [7, 11) is 0. The molecule has 2 N–H and O–H groups in total. The maximum atomic E-state index is 5.89. The predicted molar refractivity (Wildman–Crippen MR) is 45.8 cm³/mol. The highest BCUT2D eigenvalue weighted by Crippen LogP contribution is 2.29. The highest BCUT2D eigenvalue weighted by Gasteiger charge is 2.14. The maximum absolute atomic E-state index is 5.89. The fourth-order valence-electron chi connectivity index (χ4n) is 1.09. The van der Waals surface area contributed by atoms with Gasteiger partial charge in [-0.15, -0.1) is 0 Å². The molecule has 3 heteroatoms. The van der Waals surface area contributed by atoms with Crippen molar-refractivity contribution in [1.29, 1.82) is 0 Å². The zero-order valence-corrected chi connectivity index (χ0v) is 7.70. The summed E-state index contributed by atoms with van der Waals surface area (Å²) in [4.78, 5) is 0. The number of rotatable bonds is 1. The van der Waals surface area contributed by atoms with E-state index in [9.17, 15) is 0 Å². The lowest BCUT2D eigenvalue weighted by molar-refractivity contribution is 0.455. The minimum atomic E-state index is -0.0822. The second-order valence-electron chi connectivity index (χ2n) is 2.75. The molecule has 0 aliphatic rings. The molecule has 0 spiro atoms. The van der Waals surface area contributed by atoms with Crippen LogP contribution in [0.1, 0.15) is 30.0 Å². The van der Waals surface area contributed by atoms with Gasteiger partial charge in [-0.2, -0.15) is 0 Å². The molecule has 0 aliphatic heterocycles. The lowest BCUT2D eigenvalue weighted by Gasteiger charge is -2.00. The van der Waals surface area contributed by atoms with Crippen LogP contribution in [-0.2, 0) is 0 Å². The standard InChI is InChI=1S/C8H12ClNO/c1-4-7(9)6(3)11-8(4)5(2)10/h5H,10H2,1-3H3. The Morgan fingerprint density at radius 3 is 2.18 bits per heavy atom. The second kappa shape index (κ2) is 2.88. The Morgan fingerprint density at radius 2 is 2.00 bits per heavy atom. The van der Waals surface area contributed by atoms with Gasteiger partial charge in [-0.05, 0) is 20.8 Å². The van der Waals surface area contributed by atoms with Crippen molar-refractivity contribution in [2.24, 2.45) is 5.73 Å². The van der Waals surface area contributed by atoms with Crippen molar-refractivity contribution in [2.45, 2.75) is 26.8 Å². The molecule has 0 radical (unpaired) electrons. The van der Waals surface area contributed by atoms with E-state index in [0.29, 0.717) is 5.02 Å². The largest absolute Gasteiger partial charge is 0.463 e. The first-order valence-electron chi connectivity index (χ1n) is 3.55. The summed E-state index contributed by atoms with van der Waals surface area (Å²) in [5.74, 6) is 1.53. The van der Waals surface area contributed by atoms with Crippen LogP contribution < -0.4 is 5.73 Å². The topological polar surface area (TPSA) is 39.2 Å². The van der Waals surface area contributed by atoms with E-state index in [1.165, 1.54) is 0 Å². The Balaban J connectivity index is 3.19. The van der Waals surface area contributed by atoms with Crippen molar-refractivity contribution in [3.8, 4) is 0 Å². The van der Waals surface area contributed by atoms with E-state index < -0.39 is 0 Å². The van der Waals surface area contributed by atoms with E-state index in [-0.39, 0.29) is 6.04 Å². The molecule has 1 unspecified atom stereocenters. The Labute approximate surface area is 71.3 Å². The fourth-order valence-corrected chi connectivity index (χ4v) is 1.22. The number of aryl methyl sites for hydroxylation is 1. The third kappa shape index (κ3) is 1.42. The smallest absolute Gasteiger partial charge is 0.125 e. The third-order valence-electron chi connectivity index (χ3n) is 1.68. The Kier molecular flexibility index (Phi) is 2.25. The summed E-state index contributed by atoms with van der Waals surface area (Å²) in [6.45, 7) is 5.63. The van der Waals surface area contributed by atoms with Gasteiger partial charge in [0.25, 0.3) is 0 Å². The molecule has 0 bridgehead atoms. The van der Waals surface area contributed by atoms with Gasteiger partial charge in [-0.25, -0.2) is 0 Å². The van der Waals surface area contributed by atoms with E-state index in [4.69, 9.17) is 21.8 Å². The molecule has 1 aromatic rings. The number of hydrogen-bond donors (Lipinski definition) is 1. The van der Waals surface area contributed by atoms with Crippen molar-refractivity contribution < 1.29 is 4.42 Å². The molecule has 11 heavy (non-hydrogen) atoms. The summed E-state index contributed by atoms with van der Waals surface area (Å²) in [6.07, 6.45) is 0. The first kappa shape index (κ1) is 8.62. The van der Waals surface area contributed by atoms with Crippen molar-refractivity contribution >= 4 is 11.6 Å². The molecule has 0 saturated heterocycles. The minimum absolute atomic E-state index is 0.0822. The first-order chi connectivity index (χ1) is 5.04. The van der Waals surface area contributed by atoms with Crippen molar-refractivity contribution in [3.63, 3.8) is 0 Å². The van der Waals surface area contributed by atoms with Crippen LogP contribution in [0.3, 0.4) is 0 Å². The molecular formula is C8H12ClNO. The summed E-state index contributed by atoms with van der Waals surface area (Å²) in [6, 6.07) is -0.0822. The fraction of sp³-hybridized carbons (Fsp3) is 0.500. The highest BCUT2D eigenvalue weighted by molar-refractivity contribution is 6.32. The number of halogens is 1. The van der Waals surface area contributed by atoms with Crippen LogP contribution in [0.15, 0.2) is 4.42 Å². The molecule has 1 aromatic heterocycles. The van der Waals surface area contributed by atoms with Crippen LogP contribution in [0.2, 0.25) is 5.02 Å². The molecule has 0 aliphatic carbocycles. The van der Waals surface area contributed by atoms with Gasteiger partial charge in [0.05, 0.1) is 11.1 Å². The summed E-state index contributed by atoms with van der Waals surface area (Å²) in [5, 5.41) is 0.692. The number of furan rings is 1. The molecule has 0 amide bonds. The zero-order valence-electron chi connectivity index (χ0n) is 6.94. The molecule has 0 aromatic carbocycles.